The summed E-state index contributed by atoms with van der Waals surface area (Å²) in [5, 5.41) is 3.08. The van der Waals surface area contributed by atoms with Gasteiger partial charge >= 0.3 is 5.69 Å². The Balaban J connectivity index is 1.93. The van der Waals surface area contributed by atoms with E-state index in [2.05, 4.69) is 5.32 Å². The molecule has 0 saturated heterocycles. The summed E-state index contributed by atoms with van der Waals surface area (Å²) in [7, 11) is 0.499. The van der Waals surface area contributed by atoms with Gasteiger partial charge in [0.25, 0.3) is 5.91 Å². The molecular weight excluding hydrogens is 478 g/mol. The molecule has 176 valence electrons. The number of methoxy groups -OCH3 is 1. The second kappa shape index (κ2) is 8.66. The fourth-order valence-corrected chi connectivity index (χ4v) is 5.31. The quantitative estimate of drug-likeness (QED) is 0.448. The van der Waals surface area contributed by atoms with Gasteiger partial charge < -0.3 is 10.1 Å². The lowest BCUT2D eigenvalue weighted by atomic mass is 10.1. The van der Waals surface area contributed by atoms with E-state index in [0.717, 1.165) is 5.56 Å². The van der Waals surface area contributed by atoms with Gasteiger partial charge in [-0.2, -0.15) is 0 Å². The predicted molar refractivity (Wildman–Crippen MR) is 131 cm³/mol. The van der Waals surface area contributed by atoms with E-state index < -0.39 is 15.7 Å². The van der Waals surface area contributed by atoms with Crippen molar-refractivity contribution in [3.8, 4) is 5.75 Å². The van der Waals surface area contributed by atoms with Crippen LogP contribution in [0.3, 0.4) is 0 Å². The van der Waals surface area contributed by atoms with Gasteiger partial charge in [-0.25, -0.2) is 13.2 Å². The molecule has 0 aliphatic rings. The molecule has 0 bridgehead atoms. The average molecular weight is 500 g/mol. The Hall–Kier alpha value is -3.56. The van der Waals surface area contributed by atoms with E-state index in [1.54, 1.807) is 26.2 Å². The molecule has 1 amide bonds. The number of benzene rings is 3. The van der Waals surface area contributed by atoms with Crippen LogP contribution in [0, 0.1) is 6.92 Å². The van der Waals surface area contributed by atoms with E-state index in [-0.39, 0.29) is 32.5 Å². The number of amides is 1. The van der Waals surface area contributed by atoms with Crippen molar-refractivity contribution < 1.29 is 17.9 Å². The number of halogens is 1. The van der Waals surface area contributed by atoms with E-state index in [1.165, 1.54) is 58.7 Å². The molecule has 0 fully saturated rings. The van der Waals surface area contributed by atoms with Gasteiger partial charge in [-0.05, 0) is 49.4 Å². The highest BCUT2D eigenvalue weighted by molar-refractivity contribution is 7.91. The monoisotopic (exact) mass is 499 g/mol. The first-order valence-corrected chi connectivity index (χ1v) is 12.1. The van der Waals surface area contributed by atoms with Gasteiger partial charge in [0.15, 0.2) is 0 Å². The number of anilines is 1. The van der Waals surface area contributed by atoms with Crippen LogP contribution in [0.25, 0.3) is 11.0 Å². The summed E-state index contributed by atoms with van der Waals surface area (Å²) in [5.41, 5.74) is 1.68. The zero-order chi connectivity index (χ0) is 24.8. The Bertz CT molecular complexity index is 1600. The highest BCUT2D eigenvalue weighted by Gasteiger charge is 2.26. The Kier molecular flexibility index (Phi) is 6.01. The van der Waals surface area contributed by atoms with Crippen LogP contribution in [0.15, 0.2) is 69.2 Å². The Labute approximate surface area is 201 Å². The van der Waals surface area contributed by atoms with Gasteiger partial charge in [-0.3, -0.25) is 13.9 Å². The lowest BCUT2D eigenvalue weighted by molar-refractivity contribution is 0.102. The largest absolute Gasteiger partial charge is 0.496 e. The van der Waals surface area contributed by atoms with Gasteiger partial charge in [0, 0.05) is 19.1 Å². The first-order valence-electron chi connectivity index (χ1n) is 10.2. The fraction of sp³-hybridized carbons (Fsp3) is 0.167. The Morgan fingerprint density at radius 1 is 0.971 bits per heavy atom. The number of rotatable bonds is 5. The van der Waals surface area contributed by atoms with Crippen LogP contribution in [0.2, 0.25) is 5.02 Å². The lowest BCUT2D eigenvalue weighted by Gasteiger charge is -2.15. The fourth-order valence-electron chi connectivity index (χ4n) is 3.73. The summed E-state index contributed by atoms with van der Waals surface area (Å²) in [5.74, 6) is -0.352. The first kappa shape index (κ1) is 23.6. The van der Waals surface area contributed by atoms with Gasteiger partial charge in [0.1, 0.15) is 5.75 Å². The zero-order valence-electron chi connectivity index (χ0n) is 18.9. The molecule has 0 saturated carbocycles. The van der Waals surface area contributed by atoms with Crippen molar-refractivity contribution in [2.45, 2.75) is 16.7 Å². The smallest absolute Gasteiger partial charge is 0.328 e. The summed E-state index contributed by atoms with van der Waals surface area (Å²) >= 11 is 6.00. The topological polar surface area (TPSA) is 99.4 Å². The Morgan fingerprint density at radius 3 is 2.21 bits per heavy atom. The van der Waals surface area contributed by atoms with E-state index in [4.69, 9.17) is 16.3 Å². The molecule has 1 heterocycles. The van der Waals surface area contributed by atoms with Crippen molar-refractivity contribution in [1.29, 1.82) is 0 Å². The molecular formula is C24H22ClN3O5S. The number of hydrogen-bond donors (Lipinski definition) is 1. The van der Waals surface area contributed by atoms with Crippen molar-refractivity contribution in [2.24, 2.45) is 14.1 Å². The molecule has 0 atom stereocenters. The third-order valence-corrected chi connectivity index (χ3v) is 7.70. The second-order valence-corrected chi connectivity index (χ2v) is 10.2. The number of nitrogens with zero attached hydrogens (tertiary/aromatic N) is 2. The minimum Gasteiger partial charge on any atom is -0.496 e. The Morgan fingerprint density at radius 2 is 1.59 bits per heavy atom. The molecule has 8 nitrogen and oxygen atoms in total. The van der Waals surface area contributed by atoms with Gasteiger partial charge in [0.2, 0.25) is 9.84 Å². The van der Waals surface area contributed by atoms with Crippen LogP contribution in [0.1, 0.15) is 15.9 Å². The third kappa shape index (κ3) is 3.97. The minimum atomic E-state index is -4.04. The molecule has 0 radical (unpaired) electrons. The van der Waals surface area contributed by atoms with Crippen LogP contribution < -0.4 is 15.7 Å². The van der Waals surface area contributed by atoms with Crippen molar-refractivity contribution in [3.63, 3.8) is 0 Å². The third-order valence-electron chi connectivity index (χ3n) is 5.65. The SMILES string of the molecule is COc1cc(Cl)ccc1C(=O)Nc1cc2c(cc1S(=O)(=O)c1ccc(C)cc1)n(C)c(=O)n2C. The standard InChI is InChI=1S/C24H22ClN3O5S/c1-14-5-8-16(9-6-14)34(31,32)22-13-20-19(27(2)24(30)28(20)3)12-18(22)26-23(29)17-10-7-15(25)11-21(17)33-4/h5-13H,1-4H3,(H,26,29). The minimum absolute atomic E-state index is 0.0382. The van der Waals surface area contributed by atoms with Gasteiger partial charge in [-0.1, -0.05) is 29.3 Å². The maximum atomic E-state index is 13.6. The molecule has 4 rings (SSSR count). The zero-order valence-corrected chi connectivity index (χ0v) is 20.5. The van der Waals surface area contributed by atoms with E-state index in [0.29, 0.717) is 16.1 Å². The number of hydrogen-bond acceptors (Lipinski definition) is 5. The van der Waals surface area contributed by atoms with Crippen LogP contribution in [-0.4, -0.2) is 30.6 Å². The van der Waals surface area contributed by atoms with Gasteiger partial charge in [0.05, 0.1) is 39.2 Å². The van der Waals surface area contributed by atoms with Crippen LogP contribution in [0.4, 0.5) is 5.69 Å². The molecule has 1 aromatic heterocycles. The van der Waals surface area contributed by atoms with Crippen LogP contribution in [0.5, 0.6) is 5.75 Å². The molecule has 34 heavy (non-hydrogen) atoms. The molecule has 3 aromatic carbocycles. The lowest BCUT2D eigenvalue weighted by Crippen LogP contribution is -2.19. The van der Waals surface area contributed by atoms with E-state index in [1.807, 2.05) is 6.92 Å². The summed E-state index contributed by atoms with van der Waals surface area (Å²) in [6.45, 7) is 1.85. The summed E-state index contributed by atoms with van der Waals surface area (Å²) in [6.07, 6.45) is 0. The molecule has 4 aromatic rings. The molecule has 1 N–H and O–H groups in total. The normalized spacial score (nSPS) is 11.6. The average Bonchev–Trinajstić information content (AvgIpc) is 3.02. The van der Waals surface area contributed by atoms with Crippen molar-refractivity contribution in [1.82, 2.24) is 9.13 Å². The number of aromatic nitrogens is 2. The molecule has 10 heteroatoms. The number of imidazole rings is 1. The number of fused-ring (bicyclic) bond motifs is 1. The maximum absolute atomic E-state index is 13.6. The van der Waals surface area contributed by atoms with Crippen molar-refractivity contribution in [2.75, 3.05) is 12.4 Å². The van der Waals surface area contributed by atoms with Crippen molar-refractivity contribution in [3.05, 3.63) is 81.2 Å². The van der Waals surface area contributed by atoms with Crippen LogP contribution >= 0.6 is 11.6 Å². The second-order valence-electron chi connectivity index (χ2n) is 7.85. The highest BCUT2D eigenvalue weighted by Crippen LogP contribution is 2.33. The van der Waals surface area contributed by atoms with Crippen molar-refractivity contribution >= 4 is 44.1 Å². The first-order chi connectivity index (χ1) is 16.0. The number of aryl methyl sites for hydroxylation is 3. The number of sulfone groups is 1. The molecule has 0 spiro atoms. The van der Waals surface area contributed by atoms with E-state index in [9.17, 15) is 18.0 Å². The number of ether oxygens (including phenoxy) is 1. The summed E-state index contributed by atoms with van der Waals surface area (Å²) < 4.78 is 35.2. The maximum Gasteiger partial charge on any atom is 0.328 e. The molecule has 0 unspecified atom stereocenters. The number of carbonyl (C=O) groups excluding carboxylic acids is 1. The number of nitrogens with one attached hydrogen (secondary N) is 1. The molecule has 0 aliphatic carbocycles. The summed E-state index contributed by atoms with van der Waals surface area (Å²) in [4.78, 5) is 25.6. The highest BCUT2D eigenvalue weighted by atomic mass is 35.5. The van der Waals surface area contributed by atoms with Crippen LogP contribution in [-0.2, 0) is 23.9 Å². The predicted octanol–water partition coefficient (Wildman–Crippen LogP) is 3.93. The van der Waals surface area contributed by atoms with Gasteiger partial charge in [-0.15, -0.1) is 0 Å². The molecule has 0 aliphatic heterocycles. The van der Waals surface area contributed by atoms with E-state index >= 15 is 0 Å². The number of carbonyl (C=O) groups is 1. The summed E-state index contributed by atoms with van der Waals surface area (Å²) in [6, 6.07) is 13.8.